The van der Waals surface area contributed by atoms with Crippen molar-refractivity contribution < 1.29 is 4.79 Å². The molecule has 0 bridgehead atoms. The Kier molecular flexibility index (Phi) is 3.62. The Balaban J connectivity index is 1.85. The van der Waals surface area contributed by atoms with Crippen LogP contribution in [0.4, 0.5) is 5.82 Å². The lowest BCUT2D eigenvalue weighted by Crippen LogP contribution is -2.34. The van der Waals surface area contributed by atoms with Gasteiger partial charge in [-0.25, -0.2) is 4.98 Å². The van der Waals surface area contributed by atoms with Gasteiger partial charge in [0, 0.05) is 38.3 Å². The third kappa shape index (κ3) is 2.64. The van der Waals surface area contributed by atoms with Crippen molar-refractivity contribution in [1.29, 1.82) is 0 Å². The number of carbonyl (C=O) groups excluding carboxylic acids is 1. The minimum absolute atomic E-state index is 0.00930. The number of carbonyl (C=O) groups is 1. The Morgan fingerprint density at radius 3 is 3.10 bits per heavy atom. The van der Waals surface area contributed by atoms with Crippen molar-refractivity contribution in [2.75, 3.05) is 25.5 Å². The van der Waals surface area contributed by atoms with E-state index in [0.29, 0.717) is 12.6 Å². The molecular weight excluding hydrogens is 274 g/mol. The highest BCUT2D eigenvalue weighted by Gasteiger charge is 2.23. The molecular formula is C13H19N5OS. The van der Waals surface area contributed by atoms with Crippen molar-refractivity contribution in [3.63, 3.8) is 0 Å². The zero-order valence-corrected chi connectivity index (χ0v) is 12.5. The minimum atomic E-state index is -0.00930. The number of hydrogen-bond donors (Lipinski definition) is 2. The summed E-state index contributed by atoms with van der Waals surface area (Å²) in [6.45, 7) is 1.10. The molecule has 2 N–H and O–H groups in total. The minimum Gasteiger partial charge on any atom is -0.358 e. The van der Waals surface area contributed by atoms with Crippen molar-refractivity contribution >= 4 is 28.0 Å². The Morgan fingerprint density at radius 2 is 2.40 bits per heavy atom. The number of thiazole rings is 1. The van der Waals surface area contributed by atoms with Crippen LogP contribution in [0, 0.1) is 0 Å². The fourth-order valence-electron chi connectivity index (χ4n) is 2.19. The van der Waals surface area contributed by atoms with E-state index in [4.69, 9.17) is 0 Å². The second-order valence-electron chi connectivity index (χ2n) is 5.12. The topological polar surface area (TPSA) is 61.7 Å². The molecule has 0 radical (unpaired) electrons. The summed E-state index contributed by atoms with van der Waals surface area (Å²) in [6.07, 6.45) is 4.55. The lowest BCUT2D eigenvalue weighted by Gasteiger charge is -2.17. The zero-order chi connectivity index (χ0) is 14.1. The van der Waals surface area contributed by atoms with E-state index in [1.165, 1.54) is 12.8 Å². The maximum absolute atomic E-state index is 11.5. The molecule has 2 heterocycles. The number of amides is 1. The second kappa shape index (κ2) is 5.41. The summed E-state index contributed by atoms with van der Waals surface area (Å²) in [4.78, 5) is 19.1. The first kappa shape index (κ1) is 13.4. The molecule has 7 heteroatoms. The van der Waals surface area contributed by atoms with Crippen LogP contribution < -0.4 is 15.5 Å². The highest BCUT2D eigenvalue weighted by molar-refractivity contribution is 7.15. The first-order chi connectivity index (χ1) is 9.69. The monoisotopic (exact) mass is 293 g/mol. The number of likely N-dealkylation sites (N-methyl/N-ethyl adjacent to an activating group) is 2. The molecule has 0 saturated heterocycles. The van der Waals surface area contributed by atoms with Crippen LogP contribution in [-0.4, -0.2) is 42.0 Å². The molecule has 1 saturated carbocycles. The second-order valence-corrected chi connectivity index (χ2v) is 6.00. The molecule has 108 valence electrons. The summed E-state index contributed by atoms with van der Waals surface area (Å²) in [5, 5.41) is 8.20. The highest BCUT2D eigenvalue weighted by atomic mass is 32.1. The molecule has 1 fully saturated rings. The molecule has 0 aliphatic heterocycles. The molecule has 20 heavy (non-hydrogen) atoms. The standard InChI is InChI=1S/C13H19N5OS/c1-14-11(19)8-17(2)12-10(7-15-9-3-4-9)18-5-6-20-13(18)16-12/h5-6,9,15H,3-4,7-8H2,1-2H3,(H,14,19). The van der Waals surface area contributed by atoms with Crippen molar-refractivity contribution in [3.05, 3.63) is 17.3 Å². The molecule has 0 unspecified atom stereocenters. The summed E-state index contributed by atoms with van der Waals surface area (Å²) in [6, 6.07) is 0.649. The Labute approximate surface area is 121 Å². The normalized spacial score (nSPS) is 14.7. The first-order valence-corrected chi connectivity index (χ1v) is 7.66. The van der Waals surface area contributed by atoms with E-state index >= 15 is 0 Å². The number of hydrogen-bond acceptors (Lipinski definition) is 5. The maximum atomic E-state index is 11.5. The zero-order valence-electron chi connectivity index (χ0n) is 11.7. The Bertz CT molecular complexity index is 615. The summed E-state index contributed by atoms with van der Waals surface area (Å²) in [5.41, 5.74) is 1.12. The molecule has 6 nitrogen and oxygen atoms in total. The molecule has 3 rings (SSSR count). The SMILES string of the molecule is CNC(=O)CN(C)c1nc2sccn2c1CNC1CC1. The van der Waals surface area contributed by atoms with Crippen molar-refractivity contribution in [2.45, 2.75) is 25.4 Å². The molecule has 2 aromatic heterocycles. The maximum Gasteiger partial charge on any atom is 0.239 e. The number of anilines is 1. The van der Waals surface area contributed by atoms with Crippen LogP contribution in [0.15, 0.2) is 11.6 Å². The van der Waals surface area contributed by atoms with Gasteiger partial charge in [-0.3, -0.25) is 9.20 Å². The van der Waals surface area contributed by atoms with Crippen LogP contribution in [0.2, 0.25) is 0 Å². The van der Waals surface area contributed by atoms with E-state index in [9.17, 15) is 4.79 Å². The highest BCUT2D eigenvalue weighted by Crippen LogP contribution is 2.25. The van der Waals surface area contributed by atoms with Gasteiger partial charge >= 0.3 is 0 Å². The summed E-state index contributed by atoms with van der Waals surface area (Å²) in [5.74, 6) is 0.874. The van der Waals surface area contributed by atoms with Gasteiger partial charge in [0.1, 0.15) is 0 Å². The number of fused-ring (bicyclic) bond motifs is 1. The van der Waals surface area contributed by atoms with Gasteiger partial charge in [-0.2, -0.15) is 0 Å². The predicted molar refractivity (Wildman–Crippen MR) is 80.3 cm³/mol. The molecule has 2 aromatic rings. The smallest absolute Gasteiger partial charge is 0.239 e. The van der Waals surface area contributed by atoms with Gasteiger partial charge in [-0.05, 0) is 12.8 Å². The predicted octanol–water partition coefficient (Wildman–Crippen LogP) is 0.830. The van der Waals surface area contributed by atoms with Gasteiger partial charge in [0.05, 0.1) is 12.2 Å². The lowest BCUT2D eigenvalue weighted by molar-refractivity contribution is -0.119. The van der Waals surface area contributed by atoms with Crippen LogP contribution in [0.1, 0.15) is 18.5 Å². The summed E-state index contributed by atoms with van der Waals surface area (Å²) in [7, 11) is 3.56. The van der Waals surface area contributed by atoms with Crippen LogP contribution in [0.25, 0.3) is 4.96 Å². The molecule has 1 aliphatic rings. The fraction of sp³-hybridized carbons (Fsp3) is 0.538. The number of nitrogens with one attached hydrogen (secondary N) is 2. The fourth-order valence-corrected chi connectivity index (χ4v) is 2.92. The van der Waals surface area contributed by atoms with E-state index in [1.807, 2.05) is 23.5 Å². The molecule has 1 aliphatic carbocycles. The van der Waals surface area contributed by atoms with Gasteiger partial charge in [-0.1, -0.05) is 0 Å². The lowest BCUT2D eigenvalue weighted by atomic mass is 10.3. The summed E-state index contributed by atoms with van der Waals surface area (Å²) < 4.78 is 2.11. The largest absolute Gasteiger partial charge is 0.358 e. The number of nitrogens with zero attached hydrogens (tertiary/aromatic N) is 3. The van der Waals surface area contributed by atoms with Crippen LogP contribution in [0.3, 0.4) is 0 Å². The average molecular weight is 293 g/mol. The van der Waals surface area contributed by atoms with E-state index < -0.39 is 0 Å². The van der Waals surface area contributed by atoms with Gasteiger partial charge in [0.15, 0.2) is 10.8 Å². The van der Waals surface area contributed by atoms with Crippen molar-refractivity contribution in [3.8, 4) is 0 Å². The van der Waals surface area contributed by atoms with Crippen molar-refractivity contribution in [1.82, 2.24) is 20.0 Å². The van der Waals surface area contributed by atoms with E-state index in [1.54, 1.807) is 18.4 Å². The molecule has 1 amide bonds. The number of rotatable bonds is 6. The van der Waals surface area contributed by atoms with E-state index in [-0.39, 0.29) is 5.91 Å². The summed E-state index contributed by atoms with van der Waals surface area (Å²) >= 11 is 1.61. The van der Waals surface area contributed by atoms with Gasteiger partial charge in [-0.15, -0.1) is 11.3 Å². The first-order valence-electron chi connectivity index (χ1n) is 6.78. The third-order valence-corrected chi connectivity index (χ3v) is 4.25. The third-order valence-electron chi connectivity index (χ3n) is 3.50. The van der Waals surface area contributed by atoms with Gasteiger partial charge < -0.3 is 15.5 Å². The van der Waals surface area contributed by atoms with Crippen molar-refractivity contribution in [2.24, 2.45) is 0 Å². The van der Waals surface area contributed by atoms with Crippen LogP contribution in [0.5, 0.6) is 0 Å². The Hall–Kier alpha value is -1.60. The number of imidazole rings is 1. The molecule has 0 atom stereocenters. The van der Waals surface area contributed by atoms with Crippen LogP contribution in [-0.2, 0) is 11.3 Å². The number of aromatic nitrogens is 2. The average Bonchev–Trinajstić information content (AvgIpc) is 3.03. The van der Waals surface area contributed by atoms with E-state index in [2.05, 4.69) is 20.0 Å². The quantitative estimate of drug-likeness (QED) is 0.828. The van der Waals surface area contributed by atoms with Gasteiger partial charge in [0.2, 0.25) is 5.91 Å². The molecule has 0 aromatic carbocycles. The van der Waals surface area contributed by atoms with E-state index in [0.717, 1.165) is 23.0 Å². The molecule has 0 spiro atoms. The Morgan fingerprint density at radius 1 is 1.60 bits per heavy atom. The van der Waals surface area contributed by atoms with Gasteiger partial charge in [0.25, 0.3) is 0 Å². The van der Waals surface area contributed by atoms with Crippen LogP contribution >= 0.6 is 11.3 Å².